The van der Waals surface area contributed by atoms with Crippen LogP contribution in [0.4, 0.5) is 0 Å². The highest BCUT2D eigenvalue weighted by Gasteiger charge is 2.40. The topological polar surface area (TPSA) is 92.5 Å². The van der Waals surface area contributed by atoms with E-state index < -0.39 is 22.0 Å². The summed E-state index contributed by atoms with van der Waals surface area (Å²) in [7, 11) is -2.16. The SMILES string of the molecule is Cn1cc(S(=O)(=O)N2CSCC2C(=O)O)cn1. The first kappa shape index (κ1) is 12.4. The van der Waals surface area contributed by atoms with Crippen molar-refractivity contribution in [3.8, 4) is 0 Å². The minimum Gasteiger partial charge on any atom is -0.480 e. The van der Waals surface area contributed by atoms with Gasteiger partial charge in [0.05, 0.1) is 12.1 Å². The normalized spacial score (nSPS) is 21.8. The second-order valence-electron chi connectivity index (χ2n) is 3.60. The van der Waals surface area contributed by atoms with Gasteiger partial charge in [-0.3, -0.25) is 9.48 Å². The molecule has 0 saturated carbocycles. The Kier molecular flexibility index (Phi) is 3.15. The van der Waals surface area contributed by atoms with Crippen molar-refractivity contribution in [3.05, 3.63) is 12.4 Å². The number of carboxylic acids is 1. The molecule has 17 heavy (non-hydrogen) atoms. The van der Waals surface area contributed by atoms with Crippen molar-refractivity contribution >= 4 is 27.8 Å². The molecule has 0 aromatic carbocycles. The molecule has 1 unspecified atom stereocenters. The molecular weight excluding hydrogens is 266 g/mol. The van der Waals surface area contributed by atoms with Crippen molar-refractivity contribution in [3.63, 3.8) is 0 Å². The number of aryl methyl sites for hydroxylation is 1. The van der Waals surface area contributed by atoms with Crippen molar-refractivity contribution < 1.29 is 18.3 Å². The zero-order chi connectivity index (χ0) is 12.6. The van der Waals surface area contributed by atoms with E-state index in [9.17, 15) is 13.2 Å². The predicted molar refractivity (Wildman–Crippen MR) is 61.0 cm³/mol. The van der Waals surface area contributed by atoms with E-state index in [4.69, 9.17) is 5.11 Å². The summed E-state index contributed by atoms with van der Waals surface area (Å²) in [6.45, 7) is 0. The van der Waals surface area contributed by atoms with Gasteiger partial charge in [0.15, 0.2) is 0 Å². The molecule has 2 heterocycles. The molecular formula is C8H11N3O4S2. The summed E-state index contributed by atoms with van der Waals surface area (Å²) in [6, 6.07) is -0.995. The summed E-state index contributed by atoms with van der Waals surface area (Å²) in [5.74, 6) is -0.689. The molecule has 0 radical (unpaired) electrons. The van der Waals surface area contributed by atoms with Gasteiger partial charge in [0.2, 0.25) is 10.0 Å². The molecule has 1 aromatic rings. The van der Waals surface area contributed by atoms with E-state index in [1.54, 1.807) is 7.05 Å². The number of sulfonamides is 1. The van der Waals surface area contributed by atoms with Crippen molar-refractivity contribution in [2.24, 2.45) is 7.05 Å². The summed E-state index contributed by atoms with van der Waals surface area (Å²) < 4.78 is 26.7. The number of hydrogen-bond acceptors (Lipinski definition) is 5. The van der Waals surface area contributed by atoms with Crippen LogP contribution < -0.4 is 0 Å². The van der Waals surface area contributed by atoms with Gasteiger partial charge >= 0.3 is 5.97 Å². The van der Waals surface area contributed by atoms with Gasteiger partial charge in [0.25, 0.3) is 0 Å². The first-order chi connectivity index (χ1) is 7.93. The molecule has 9 heteroatoms. The highest BCUT2D eigenvalue weighted by atomic mass is 32.2. The van der Waals surface area contributed by atoms with Crippen LogP contribution in [0, 0.1) is 0 Å². The molecule has 1 aromatic heterocycles. The third kappa shape index (κ3) is 2.17. The lowest BCUT2D eigenvalue weighted by molar-refractivity contribution is -0.140. The molecule has 7 nitrogen and oxygen atoms in total. The fraction of sp³-hybridized carbons (Fsp3) is 0.500. The number of aromatic nitrogens is 2. The Bertz CT molecular complexity index is 539. The van der Waals surface area contributed by atoms with E-state index in [-0.39, 0.29) is 16.5 Å². The number of nitrogens with zero attached hydrogens (tertiary/aromatic N) is 3. The van der Waals surface area contributed by atoms with Crippen LogP contribution in [-0.4, -0.2) is 51.3 Å². The van der Waals surface area contributed by atoms with Crippen LogP contribution in [-0.2, 0) is 21.9 Å². The van der Waals surface area contributed by atoms with E-state index in [1.807, 2.05) is 0 Å². The number of carboxylic acid groups (broad SMARTS) is 1. The fourth-order valence-electron chi connectivity index (χ4n) is 1.53. The largest absolute Gasteiger partial charge is 0.480 e. The first-order valence-corrected chi connectivity index (χ1v) is 7.33. The molecule has 1 N–H and O–H groups in total. The van der Waals surface area contributed by atoms with Crippen LogP contribution >= 0.6 is 11.8 Å². The monoisotopic (exact) mass is 277 g/mol. The third-order valence-corrected chi connectivity index (χ3v) is 5.40. The Morgan fingerprint density at radius 2 is 2.35 bits per heavy atom. The molecule has 1 aliphatic rings. The van der Waals surface area contributed by atoms with Crippen LogP contribution in [0.3, 0.4) is 0 Å². The maximum atomic E-state index is 12.2. The van der Waals surface area contributed by atoms with Gasteiger partial charge in [-0.05, 0) is 0 Å². The number of aliphatic carboxylic acids is 1. The van der Waals surface area contributed by atoms with Gasteiger partial charge in [0, 0.05) is 19.0 Å². The average molecular weight is 277 g/mol. The lowest BCUT2D eigenvalue weighted by atomic mass is 10.4. The molecule has 0 spiro atoms. The summed E-state index contributed by atoms with van der Waals surface area (Å²) in [6.07, 6.45) is 2.58. The smallest absolute Gasteiger partial charge is 0.322 e. The van der Waals surface area contributed by atoms with E-state index in [2.05, 4.69) is 5.10 Å². The second-order valence-corrected chi connectivity index (χ2v) is 6.49. The lowest BCUT2D eigenvalue weighted by Gasteiger charge is -2.18. The van der Waals surface area contributed by atoms with E-state index >= 15 is 0 Å². The Hall–Kier alpha value is -1.06. The molecule has 0 aliphatic carbocycles. The van der Waals surface area contributed by atoms with E-state index in [1.165, 1.54) is 28.8 Å². The summed E-state index contributed by atoms with van der Waals surface area (Å²) in [4.78, 5) is 11.0. The van der Waals surface area contributed by atoms with Crippen LogP contribution in [0.25, 0.3) is 0 Å². The highest BCUT2D eigenvalue weighted by Crippen LogP contribution is 2.27. The van der Waals surface area contributed by atoms with Gasteiger partial charge in [0.1, 0.15) is 10.9 Å². The molecule has 1 saturated heterocycles. The molecule has 1 aliphatic heterocycles. The first-order valence-electron chi connectivity index (χ1n) is 4.74. The van der Waals surface area contributed by atoms with Gasteiger partial charge in [-0.1, -0.05) is 0 Å². The zero-order valence-corrected chi connectivity index (χ0v) is 10.6. The predicted octanol–water partition coefficient (Wildman–Crippen LogP) is -0.432. The van der Waals surface area contributed by atoms with Gasteiger partial charge in [-0.25, -0.2) is 8.42 Å². The Labute approximate surface area is 102 Å². The van der Waals surface area contributed by atoms with E-state index in [0.717, 1.165) is 4.31 Å². The van der Waals surface area contributed by atoms with Crippen LogP contribution in [0.5, 0.6) is 0 Å². The second kappa shape index (κ2) is 4.31. The maximum Gasteiger partial charge on any atom is 0.322 e. The Balaban J connectivity index is 2.36. The average Bonchev–Trinajstić information content (AvgIpc) is 2.84. The lowest BCUT2D eigenvalue weighted by Crippen LogP contribution is -2.41. The minimum absolute atomic E-state index is 0.0220. The Morgan fingerprint density at radius 3 is 2.88 bits per heavy atom. The van der Waals surface area contributed by atoms with Gasteiger partial charge in [-0.2, -0.15) is 9.40 Å². The number of carbonyl (C=O) groups is 1. The highest BCUT2D eigenvalue weighted by molar-refractivity contribution is 8.00. The van der Waals surface area contributed by atoms with Crippen molar-refractivity contribution in [2.45, 2.75) is 10.9 Å². The molecule has 94 valence electrons. The minimum atomic E-state index is -3.76. The summed E-state index contributed by atoms with van der Waals surface area (Å²) in [5.41, 5.74) is 0. The summed E-state index contributed by atoms with van der Waals surface area (Å²) >= 11 is 1.29. The fourth-order valence-corrected chi connectivity index (χ4v) is 4.65. The maximum absolute atomic E-state index is 12.2. The molecule has 0 bridgehead atoms. The molecule has 2 rings (SSSR count). The van der Waals surface area contributed by atoms with Crippen molar-refractivity contribution in [2.75, 3.05) is 11.6 Å². The number of rotatable bonds is 3. The number of thioether (sulfide) groups is 1. The zero-order valence-electron chi connectivity index (χ0n) is 8.98. The third-order valence-electron chi connectivity index (χ3n) is 2.41. The molecule has 1 fully saturated rings. The quantitative estimate of drug-likeness (QED) is 0.806. The van der Waals surface area contributed by atoms with Gasteiger partial charge < -0.3 is 5.11 Å². The van der Waals surface area contributed by atoms with Crippen LogP contribution in [0.1, 0.15) is 0 Å². The Morgan fingerprint density at radius 1 is 1.65 bits per heavy atom. The summed E-state index contributed by atoms with van der Waals surface area (Å²) in [5, 5.41) is 12.7. The van der Waals surface area contributed by atoms with Crippen LogP contribution in [0.2, 0.25) is 0 Å². The molecule has 0 amide bonds. The molecule has 1 atom stereocenters. The van der Waals surface area contributed by atoms with Gasteiger partial charge in [-0.15, -0.1) is 11.8 Å². The van der Waals surface area contributed by atoms with E-state index in [0.29, 0.717) is 0 Å². The van der Waals surface area contributed by atoms with Crippen molar-refractivity contribution in [1.29, 1.82) is 0 Å². The number of hydrogen-bond donors (Lipinski definition) is 1. The van der Waals surface area contributed by atoms with Crippen molar-refractivity contribution in [1.82, 2.24) is 14.1 Å². The van der Waals surface area contributed by atoms with Crippen LogP contribution in [0.15, 0.2) is 17.3 Å². The standard InChI is InChI=1S/C8H11N3O4S2/c1-10-3-6(2-9-10)17(14,15)11-5-16-4-7(11)8(12)13/h2-3,7H,4-5H2,1H3,(H,12,13).